The van der Waals surface area contributed by atoms with Gasteiger partial charge in [-0.05, 0) is 42.7 Å². The number of aromatic amines is 1. The molecule has 4 heteroatoms. The van der Waals surface area contributed by atoms with E-state index >= 15 is 0 Å². The van der Waals surface area contributed by atoms with Gasteiger partial charge in [-0.15, -0.1) is 0 Å². The summed E-state index contributed by atoms with van der Waals surface area (Å²) in [5.74, 6) is 0.809. The van der Waals surface area contributed by atoms with Crippen LogP contribution in [0, 0.1) is 6.92 Å². The number of carbonyl (C=O) groups is 1. The molecule has 0 bridgehead atoms. The quantitative estimate of drug-likeness (QED) is 0.758. The summed E-state index contributed by atoms with van der Waals surface area (Å²) in [6.07, 6.45) is 2.77. The van der Waals surface area contributed by atoms with Gasteiger partial charge in [-0.25, -0.2) is 0 Å². The summed E-state index contributed by atoms with van der Waals surface area (Å²) >= 11 is 0. The van der Waals surface area contributed by atoms with Crippen LogP contribution in [0.3, 0.4) is 0 Å². The van der Waals surface area contributed by atoms with E-state index in [4.69, 9.17) is 4.74 Å². The Morgan fingerprint density at radius 3 is 2.83 bits per heavy atom. The third-order valence-corrected chi connectivity index (χ3v) is 4.04. The van der Waals surface area contributed by atoms with Crippen LogP contribution in [-0.2, 0) is 6.42 Å². The molecule has 0 aliphatic carbocycles. The van der Waals surface area contributed by atoms with Gasteiger partial charge in [-0.1, -0.05) is 18.2 Å². The van der Waals surface area contributed by atoms with E-state index < -0.39 is 0 Å². The SMILES string of the molecule is COc1ccc2c(CCNC(=O)c3ccccc3C)c[nH]c2c1. The zero-order chi connectivity index (χ0) is 16.2. The smallest absolute Gasteiger partial charge is 0.251 e. The summed E-state index contributed by atoms with van der Waals surface area (Å²) in [5.41, 5.74) is 3.96. The molecule has 1 heterocycles. The second-order valence-electron chi connectivity index (χ2n) is 5.55. The molecule has 0 aliphatic rings. The molecule has 0 fully saturated rings. The summed E-state index contributed by atoms with van der Waals surface area (Å²) in [7, 11) is 1.66. The first-order valence-corrected chi connectivity index (χ1v) is 7.67. The molecule has 3 aromatic rings. The van der Waals surface area contributed by atoms with Crippen molar-refractivity contribution in [2.75, 3.05) is 13.7 Å². The van der Waals surface area contributed by atoms with Crippen LogP contribution in [-0.4, -0.2) is 24.5 Å². The van der Waals surface area contributed by atoms with Crippen LogP contribution < -0.4 is 10.1 Å². The number of benzene rings is 2. The summed E-state index contributed by atoms with van der Waals surface area (Å²) in [6, 6.07) is 13.6. The van der Waals surface area contributed by atoms with Crippen LogP contribution in [0.4, 0.5) is 0 Å². The molecule has 23 heavy (non-hydrogen) atoms. The van der Waals surface area contributed by atoms with Crippen molar-refractivity contribution in [2.24, 2.45) is 0 Å². The molecule has 4 nitrogen and oxygen atoms in total. The first kappa shape index (κ1) is 15.2. The molecule has 0 atom stereocenters. The van der Waals surface area contributed by atoms with Crippen molar-refractivity contribution >= 4 is 16.8 Å². The summed E-state index contributed by atoms with van der Waals surface area (Å²) in [6.45, 7) is 2.55. The number of aryl methyl sites for hydroxylation is 1. The van der Waals surface area contributed by atoms with E-state index in [1.54, 1.807) is 7.11 Å². The van der Waals surface area contributed by atoms with Gasteiger partial charge < -0.3 is 15.0 Å². The Hall–Kier alpha value is -2.75. The average Bonchev–Trinajstić information content (AvgIpc) is 2.97. The zero-order valence-corrected chi connectivity index (χ0v) is 13.3. The highest BCUT2D eigenvalue weighted by molar-refractivity contribution is 5.95. The van der Waals surface area contributed by atoms with Gasteiger partial charge in [-0.3, -0.25) is 4.79 Å². The first-order chi connectivity index (χ1) is 11.2. The summed E-state index contributed by atoms with van der Waals surface area (Å²) in [5, 5.41) is 4.15. The fourth-order valence-electron chi connectivity index (χ4n) is 2.73. The van der Waals surface area contributed by atoms with Crippen molar-refractivity contribution < 1.29 is 9.53 Å². The zero-order valence-electron chi connectivity index (χ0n) is 13.3. The molecule has 1 amide bonds. The number of rotatable bonds is 5. The van der Waals surface area contributed by atoms with E-state index in [1.807, 2.05) is 55.6 Å². The standard InChI is InChI=1S/C19H20N2O2/c1-13-5-3-4-6-16(13)19(22)20-10-9-14-12-21-18-11-15(23-2)7-8-17(14)18/h3-8,11-12,21H,9-10H2,1-2H3,(H,20,22). The van der Waals surface area contributed by atoms with Crippen molar-refractivity contribution in [2.45, 2.75) is 13.3 Å². The molecule has 0 radical (unpaired) electrons. The van der Waals surface area contributed by atoms with Crippen LogP contribution in [0.1, 0.15) is 21.5 Å². The van der Waals surface area contributed by atoms with E-state index in [2.05, 4.69) is 10.3 Å². The van der Waals surface area contributed by atoms with Gasteiger partial charge >= 0.3 is 0 Å². The molecule has 0 unspecified atom stereocenters. The number of fused-ring (bicyclic) bond motifs is 1. The lowest BCUT2D eigenvalue weighted by Crippen LogP contribution is -2.26. The molecular formula is C19H20N2O2. The molecule has 2 aromatic carbocycles. The second-order valence-corrected chi connectivity index (χ2v) is 5.55. The lowest BCUT2D eigenvalue weighted by molar-refractivity contribution is 0.0953. The Bertz CT molecular complexity index is 836. The lowest BCUT2D eigenvalue weighted by atomic mass is 10.1. The van der Waals surface area contributed by atoms with E-state index in [9.17, 15) is 4.79 Å². The van der Waals surface area contributed by atoms with Gasteiger partial charge in [0.15, 0.2) is 0 Å². The van der Waals surface area contributed by atoms with Gasteiger partial charge in [0.1, 0.15) is 5.75 Å². The molecule has 1 aromatic heterocycles. The first-order valence-electron chi connectivity index (χ1n) is 7.67. The number of hydrogen-bond donors (Lipinski definition) is 2. The van der Waals surface area contributed by atoms with E-state index in [0.717, 1.165) is 34.2 Å². The van der Waals surface area contributed by atoms with Gasteiger partial charge in [0, 0.05) is 35.3 Å². The van der Waals surface area contributed by atoms with Gasteiger partial charge in [0.2, 0.25) is 0 Å². The molecular weight excluding hydrogens is 288 g/mol. The number of aromatic nitrogens is 1. The predicted molar refractivity (Wildman–Crippen MR) is 92.1 cm³/mol. The predicted octanol–water partition coefficient (Wildman–Crippen LogP) is 3.46. The van der Waals surface area contributed by atoms with Crippen LogP contribution in [0.2, 0.25) is 0 Å². The normalized spacial score (nSPS) is 10.7. The van der Waals surface area contributed by atoms with Crippen LogP contribution in [0.15, 0.2) is 48.7 Å². The maximum atomic E-state index is 12.2. The molecule has 0 saturated heterocycles. The van der Waals surface area contributed by atoms with Crippen molar-refractivity contribution in [1.82, 2.24) is 10.3 Å². The molecule has 0 saturated carbocycles. The second kappa shape index (κ2) is 6.57. The van der Waals surface area contributed by atoms with Crippen LogP contribution >= 0.6 is 0 Å². The molecule has 2 N–H and O–H groups in total. The number of methoxy groups -OCH3 is 1. The number of carbonyl (C=O) groups excluding carboxylic acids is 1. The van der Waals surface area contributed by atoms with Crippen molar-refractivity contribution in [3.8, 4) is 5.75 Å². The molecule has 3 rings (SSSR count). The minimum absolute atomic E-state index is 0.0235. The largest absolute Gasteiger partial charge is 0.497 e. The van der Waals surface area contributed by atoms with Crippen molar-refractivity contribution in [3.63, 3.8) is 0 Å². The van der Waals surface area contributed by atoms with E-state index in [0.29, 0.717) is 6.54 Å². The van der Waals surface area contributed by atoms with Crippen LogP contribution in [0.5, 0.6) is 5.75 Å². The summed E-state index contributed by atoms with van der Waals surface area (Å²) < 4.78 is 5.23. The Morgan fingerprint density at radius 1 is 1.22 bits per heavy atom. The topological polar surface area (TPSA) is 54.1 Å². The number of H-pyrrole nitrogens is 1. The minimum atomic E-state index is -0.0235. The van der Waals surface area contributed by atoms with Gasteiger partial charge in [0.05, 0.1) is 7.11 Å². The Kier molecular flexibility index (Phi) is 4.33. The van der Waals surface area contributed by atoms with Crippen molar-refractivity contribution in [1.29, 1.82) is 0 Å². The minimum Gasteiger partial charge on any atom is -0.497 e. The highest BCUT2D eigenvalue weighted by Crippen LogP contribution is 2.23. The Balaban J connectivity index is 1.65. The highest BCUT2D eigenvalue weighted by atomic mass is 16.5. The molecule has 118 valence electrons. The summed E-state index contributed by atoms with van der Waals surface area (Å²) in [4.78, 5) is 15.5. The van der Waals surface area contributed by atoms with E-state index in [1.165, 1.54) is 5.56 Å². The maximum absolute atomic E-state index is 12.2. The third-order valence-electron chi connectivity index (χ3n) is 4.04. The highest BCUT2D eigenvalue weighted by Gasteiger charge is 2.09. The van der Waals surface area contributed by atoms with Crippen molar-refractivity contribution in [3.05, 3.63) is 65.4 Å². The number of amides is 1. The Morgan fingerprint density at radius 2 is 2.04 bits per heavy atom. The maximum Gasteiger partial charge on any atom is 0.251 e. The molecule has 0 aliphatic heterocycles. The van der Waals surface area contributed by atoms with Crippen LogP contribution in [0.25, 0.3) is 10.9 Å². The fraction of sp³-hybridized carbons (Fsp3) is 0.211. The lowest BCUT2D eigenvalue weighted by Gasteiger charge is -2.07. The number of hydrogen-bond acceptors (Lipinski definition) is 2. The average molecular weight is 308 g/mol. The van der Waals surface area contributed by atoms with Gasteiger partial charge in [0.25, 0.3) is 5.91 Å². The molecule has 0 spiro atoms. The Labute approximate surface area is 135 Å². The monoisotopic (exact) mass is 308 g/mol. The fourth-order valence-corrected chi connectivity index (χ4v) is 2.73. The van der Waals surface area contributed by atoms with Gasteiger partial charge in [-0.2, -0.15) is 0 Å². The third kappa shape index (κ3) is 3.21. The van der Waals surface area contributed by atoms with E-state index in [-0.39, 0.29) is 5.91 Å². The number of ether oxygens (including phenoxy) is 1. The number of nitrogens with one attached hydrogen (secondary N) is 2.